The summed E-state index contributed by atoms with van der Waals surface area (Å²) in [7, 11) is 0. The van der Waals surface area contributed by atoms with Gasteiger partial charge in [-0.25, -0.2) is 0 Å². The van der Waals surface area contributed by atoms with Crippen LogP contribution in [0.2, 0.25) is 5.02 Å². The number of hydrogen-bond donors (Lipinski definition) is 1. The number of pyridine rings is 2. The molecular formula is C15H11ClN2O. The summed E-state index contributed by atoms with van der Waals surface area (Å²) in [6, 6.07) is 9.11. The Balaban J connectivity index is 2.33. The van der Waals surface area contributed by atoms with Crippen molar-refractivity contribution in [3.05, 3.63) is 53.3 Å². The molecule has 1 aromatic carbocycles. The molecule has 3 nitrogen and oxygen atoms in total. The smallest absolute Gasteiger partial charge is 0.134 e. The predicted octanol–water partition coefficient (Wildman–Crippen LogP) is 3.96. The first-order valence-electron chi connectivity index (χ1n) is 5.86. The first-order chi connectivity index (χ1) is 9.16. The van der Waals surface area contributed by atoms with E-state index in [-0.39, 0.29) is 5.75 Å². The number of phenols is 1. The molecular weight excluding hydrogens is 260 g/mol. The Labute approximate surface area is 115 Å². The summed E-state index contributed by atoms with van der Waals surface area (Å²) in [5, 5.41) is 10.9. The number of halogens is 1. The first-order valence-corrected chi connectivity index (χ1v) is 6.24. The average Bonchev–Trinajstić information content (AvgIpc) is 2.42. The molecule has 0 saturated heterocycles. The van der Waals surface area contributed by atoms with Crippen molar-refractivity contribution in [3.8, 4) is 17.0 Å². The summed E-state index contributed by atoms with van der Waals surface area (Å²) in [5.74, 6) is 0.0845. The molecule has 1 N–H and O–H groups in total. The molecule has 0 atom stereocenters. The van der Waals surface area contributed by atoms with E-state index in [1.54, 1.807) is 24.5 Å². The highest BCUT2D eigenvalue weighted by Gasteiger charge is 2.11. The average molecular weight is 271 g/mol. The van der Waals surface area contributed by atoms with E-state index in [1.807, 2.05) is 25.1 Å². The van der Waals surface area contributed by atoms with Crippen LogP contribution in [0.5, 0.6) is 5.75 Å². The van der Waals surface area contributed by atoms with Gasteiger partial charge in [-0.3, -0.25) is 9.97 Å². The molecule has 0 bridgehead atoms. The highest BCUT2D eigenvalue weighted by Crippen LogP contribution is 2.34. The van der Waals surface area contributed by atoms with Gasteiger partial charge in [-0.1, -0.05) is 11.6 Å². The van der Waals surface area contributed by atoms with Crippen LogP contribution in [0.1, 0.15) is 5.56 Å². The molecule has 0 aliphatic rings. The van der Waals surface area contributed by atoms with E-state index < -0.39 is 0 Å². The van der Waals surface area contributed by atoms with Gasteiger partial charge < -0.3 is 5.11 Å². The minimum atomic E-state index is 0.0845. The second-order valence-electron chi connectivity index (χ2n) is 4.35. The normalized spacial score (nSPS) is 10.8. The predicted molar refractivity (Wildman–Crippen MR) is 76.4 cm³/mol. The SMILES string of the molecule is Cc1cc(O)c(Cl)cc1-c1nccc2ncccc12. The topological polar surface area (TPSA) is 46.0 Å². The fourth-order valence-electron chi connectivity index (χ4n) is 2.14. The summed E-state index contributed by atoms with van der Waals surface area (Å²) in [4.78, 5) is 8.74. The molecule has 0 saturated carbocycles. The van der Waals surface area contributed by atoms with Crippen molar-refractivity contribution in [1.82, 2.24) is 9.97 Å². The molecule has 0 unspecified atom stereocenters. The third kappa shape index (κ3) is 2.02. The molecule has 0 spiro atoms. The molecule has 0 aliphatic carbocycles. The van der Waals surface area contributed by atoms with Crippen molar-refractivity contribution in [2.75, 3.05) is 0 Å². The molecule has 4 heteroatoms. The summed E-state index contributed by atoms with van der Waals surface area (Å²) in [5.41, 5.74) is 3.54. The number of benzene rings is 1. The van der Waals surface area contributed by atoms with Gasteiger partial charge in [0.1, 0.15) is 5.75 Å². The Kier molecular flexibility index (Phi) is 2.84. The van der Waals surface area contributed by atoms with Gasteiger partial charge in [0, 0.05) is 23.3 Å². The van der Waals surface area contributed by atoms with Crippen LogP contribution in [-0.4, -0.2) is 15.1 Å². The van der Waals surface area contributed by atoms with E-state index in [0.717, 1.165) is 27.7 Å². The van der Waals surface area contributed by atoms with Crippen LogP contribution < -0.4 is 0 Å². The monoisotopic (exact) mass is 270 g/mol. The van der Waals surface area contributed by atoms with E-state index in [4.69, 9.17) is 11.6 Å². The zero-order chi connectivity index (χ0) is 13.4. The number of fused-ring (bicyclic) bond motifs is 1. The highest BCUT2D eigenvalue weighted by atomic mass is 35.5. The fraction of sp³-hybridized carbons (Fsp3) is 0.0667. The Hall–Kier alpha value is -2.13. The summed E-state index contributed by atoms with van der Waals surface area (Å²) in [6.07, 6.45) is 3.48. The number of phenolic OH excluding ortho intramolecular Hbond substituents is 1. The molecule has 0 fully saturated rings. The highest BCUT2D eigenvalue weighted by molar-refractivity contribution is 6.32. The van der Waals surface area contributed by atoms with Crippen molar-refractivity contribution in [3.63, 3.8) is 0 Å². The lowest BCUT2D eigenvalue weighted by atomic mass is 10.0. The van der Waals surface area contributed by atoms with Gasteiger partial charge in [-0.05, 0) is 42.8 Å². The van der Waals surface area contributed by atoms with Crippen molar-refractivity contribution in [2.24, 2.45) is 0 Å². The third-order valence-corrected chi connectivity index (χ3v) is 3.38. The zero-order valence-electron chi connectivity index (χ0n) is 10.3. The number of aryl methyl sites for hydroxylation is 1. The maximum Gasteiger partial charge on any atom is 0.134 e. The second-order valence-corrected chi connectivity index (χ2v) is 4.76. The van der Waals surface area contributed by atoms with E-state index in [2.05, 4.69) is 9.97 Å². The van der Waals surface area contributed by atoms with Crippen molar-refractivity contribution < 1.29 is 5.11 Å². The van der Waals surface area contributed by atoms with Gasteiger partial charge in [-0.15, -0.1) is 0 Å². The minimum Gasteiger partial charge on any atom is -0.506 e. The lowest BCUT2D eigenvalue weighted by Crippen LogP contribution is -1.90. The first kappa shape index (κ1) is 11.9. The number of aromatic nitrogens is 2. The Morgan fingerprint density at radius 2 is 1.95 bits per heavy atom. The number of rotatable bonds is 1. The largest absolute Gasteiger partial charge is 0.506 e. The van der Waals surface area contributed by atoms with Gasteiger partial charge in [0.25, 0.3) is 0 Å². The van der Waals surface area contributed by atoms with Crippen LogP contribution in [-0.2, 0) is 0 Å². The molecule has 2 heterocycles. The van der Waals surface area contributed by atoms with Crippen LogP contribution in [0.25, 0.3) is 22.2 Å². The summed E-state index contributed by atoms with van der Waals surface area (Å²) in [6.45, 7) is 1.92. The van der Waals surface area contributed by atoms with Crippen molar-refractivity contribution in [2.45, 2.75) is 6.92 Å². The van der Waals surface area contributed by atoms with E-state index >= 15 is 0 Å². The van der Waals surface area contributed by atoms with Crippen molar-refractivity contribution in [1.29, 1.82) is 0 Å². The Bertz CT molecular complexity index is 766. The number of aromatic hydroxyl groups is 1. The molecule has 2 aromatic heterocycles. The Morgan fingerprint density at radius 3 is 2.79 bits per heavy atom. The quantitative estimate of drug-likeness (QED) is 0.728. The van der Waals surface area contributed by atoms with Gasteiger partial charge in [0.2, 0.25) is 0 Å². The van der Waals surface area contributed by atoms with E-state index in [9.17, 15) is 5.11 Å². The van der Waals surface area contributed by atoms with Gasteiger partial charge in [0.15, 0.2) is 0 Å². The Morgan fingerprint density at radius 1 is 1.11 bits per heavy atom. The van der Waals surface area contributed by atoms with Crippen LogP contribution in [0, 0.1) is 6.92 Å². The lowest BCUT2D eigenvalue weighted by molar-refractivity contribution is 0.475. The molecule has 19 heavy (non-hydrogen) atoms. The second kappa shape index (κ2) is 4.52. The van der Waals surface area contributed by atoms with Crippen LogP contribution >= 0.6 is 11.6 Å². The van der Waals surface area contributed by atoms with Gasteiger partial charge in [0.05, 0.1) is 16.2 Å². The molecule has 0 aliphatic heterocycles. The molecule has 3 rings (SSSR count). The summed E-state index contributed by atoms with van der Waals surface area (Å²) < 4.78 is 0. The van der Waals surface area contributed by atoms with Crippen LogP contribution in [0.15, 0.2) is 42.7 Å². The lowest BCUT2D eigenvalue weighted by Gasteiger charge is -2.09. The van der Waals surface area contributed by atoms with Crippen LogP contribution in [0.3, 0.4) is 0 Å². The molecule has 0 radical (unpaired) electrons. The van der Waals surface area contributed by atoms with Gasteiger partial charge >= 0.3 is 0 Å². The number of nitrogens with zero attached hydrogens (tertiary/aromatic N) is 2. The zero-order valence-corrected chi connectivity index (χ0v) is 11.0. The van der Waals surface area contributed by atoms with Crippen molar-refractivity contribution >= 4 is 22.5 Å². The van der Waals surface area contributed by atoms with E-state index in [1.165, 1.54) is 0 Å². The van der Waals surface area contributed by atoms with E-state index in [0.29, 0.717) is 5.02 Å². The van der Waals surface area contributed by atoms with Crippen LogP contribution in [0.4, 0.5) is 0 Å². The maximum absolute atomic E-state index is 9.62. The molecule has 0 amide bonds. The number of hydrogen-bond acceptors (Lipinski definition) is 3. The summed E-state index contributed by atoms with van der Waals surface area (Å²) >= 11 is 5.99. The minimum absolute atomic E-state index is 0.0845. The molecule has 3 aromatic rings. The van der Waals surface area contributed by atoms with Gasteiger partial charge in [-0.2, -0.15) is 0 Å². The standard InChI is InChI=1S/C15H11ClN2O/c1-9-7-14(19)12(16)8-11(9)15-10-3-2-5-17-13(10)4-6-18-15/h2-8,19H,1H3. The third-order valence-electron chi connectivity index (χ3n) is 3.08. The molecule has 94 valence electrons. The fourth-order valence-corrected chi connectivity index (χ4v) is 2.30. The maximum atomic E-state index is 9.62.